The number of rotatable bonds is 7. The third kappa shape index (κ3) is 4.46. The molecular weight excluding hydrogens is 397 g/mol. The Kier molecular flexibility index (Phi) is 5.79. The van der Waals surface area contributed by atoms with Crippen molar-refractivity contribution < 1.29 is 18.7 Å². The minimum absolute atomic E-state index is 0.0628. The molecule has 0 N–H and O–H groups in total. The Balaban J connectivity index is 1.73. The molecule has 0 spiro atoms. The van der Waals surface area contributed by atoms with Crippen molar-refractivity contribution in [1.29, 1.82) is 0 Å². The van der Waals surface area contributed by atoms with Gasteiger partial charge < -0.3 is 9.47 Å². The topological polar surface area (TPSA) is 66.2 Å². The molecule has 2 aromatic heterocycles. The van der Waals surface area contributed by atoms with E-state index < -0.39 is 6.36 Å². The van der Waals surface area contributed by atoms with Crippen molar-refractivity contribution in [3.8, 4) is 17.0 Å². The minimum atomic E-state index is -1.40. The number of aromatic nitrogens is 3. The van der Waals surface area contributed by atoms with Gasteiger partial charge in [-0.3, -0.25) is 14.5 Å². The second kappa shape index (κ2) is 8.38. The van der Waals surface area contributed by atoms with Crippen molar-refractivity contribution in [1.82, 2.24) is 14.8 Å². The number of fused-ring (bicyclic) bond motifs is 1. The van der Waals surface area contributed by atoms with Gasteiger partial charge in [0.15, 0.2) is 5.78 Å². The summed E-state index contributed by atoms with van der Waals surface area (Å²) in [5.41, 5.74) is 3.42. The lowest BCUT2D eigenvalue weighted by atomic mass is 9.83. The van der Waals surface area contributed by atoms with Gasteiger partial charge in [0.2, 0.25) is 6.36 Å². The number of carbonyl (C=O) groups is 1. The number of halogens is 1. The molecule has 7 heteroatoms. The molecule has 1 aliphatic rings. The monoisotopic (exact) mass is 425 g/mol. The molecule has 1 aromatic carbocycles. The minimum Gasteiger partial charge on any atom is -0.461 e. The molecule has 0 aliphatic carbocycles. The number of carbonyl (C=O) groups excluding carboxylic acids is 1. The van der Waals surface area contributed by atoms with Crippen LogP contribution in [0.3, 0.4) is 0 Å². The molecule has 0 radical (unpaired) electrons. The summed E-state index contributed by atoms with van der Waals surface area (Å²) in [6.07, 6.45) is 1.55. The molecule has 0 amide bonds. The Morgan fingerprint density at radius 3 is 2.81 bits per heavy atom. The van der Waals surface area contributed by atoms with Crippen LogP contribution >= 0.6 is 0 Å². The van der Waals surface area contributed by atoms with Crippen LogP contribution in [0.15, 0.2) is 36.5 Å². The van der Waals surface area contributed by atoms with E-state index in [4.69, 9.17) is 14.6 Å². The van der Waals surface area contributed by atoms with Gasteiger partial charge in [0.25, 0.3) is 0 Å². The van der Waals surface area contributed by atoms with Crippen LogP contribution in [-0.2, 0) is 4.74 Å². The fourth-order valence-corrected chi connectivity index (χ4v) is 4.00. The molecule has 6 nitrogen and oxygen atoms in total. The summed E-state index contributed by atoms with van der Waals surface area (Å²) in [7, 11) is 0. The molecule has 2 atom stereocenters. The SMILES string of the molecule is CC(F)Oc1cccc(-c2nn(C(C)C)c3cc(C(=O)C[C@@]4(C)CCOC4)cnc23)c1. The third-order valence-electron chi connectivity index (χ3n) is 5.65. The number of ketones is 1. The highest BCUT2D eigenvalue weighted by atomic mass is 19.1. The molecule has 1 fully saturated rings. The summed E-state index contributed by atoms with van der Waals surface area (Å²) < 4.78 is 25.8. The van der Waals surface area contributed by atoms with E-state index in [2.05, 4.69) is 11.9 Å². The van der Waals surface area contributed by atoms with E-state index in [0.717, 1.165) is 17.5 Å². The molecule has 1 aliphatic heterocycles. The van der Waals surface area contributed by atoms with Gasteiger partial charge in [-0.05, 0) is 38.5 Å². The van der Waals surface area contributed by atoms with Crippen molar-refractivity contribution in [3.05, 3.63) is 42.1 Å². The number of nitrogens with zero attached hydrogens (tertiary/aromatic N) is 3. The van der Waals surface area contributed by atoms with Crippen molar-refractivity contribution >= 4 is 16.8 Å². The van der Waals surface area contributed by atoms with Gasteiger partial charge in [-0.2, -0.15) is 5.10 Å². The lowest BCUT2D eigenvalue weighted by Crippen LogP contribution is -2.21. The smallest absolute Gasteiger partial charge is 0.235 e. The predicted molar refractivity (Wildman–Crippen MR) is 117 cm³/mol. The van der Waals surface area contributed by atoms with E-state index in [1.807, 2.05) is 30.7 Å². The third-order valence-corrected chi connectivity index (χ3v) is 5.65. The summed E-state index contributed by atoms with van der Waals surface area (Å²) in [6.45, 7) is 8.81. The summed E-state index contributed by atoms with van der Waals surface area (Å²) in [5.74, 6) is 0.492. The highest BCUT2D eigenvalue weighted by molar-refractivity contribution is 6.00. The standard InChI is InChI=1S/C24H28FN3O3/c1-15(2)28-20-11-18(21(29)12-24(4)8-9-30-14-24)13-26-23(20)22(27-28)17-6-5-7-19(10-17)31-16(3)25/h5-7,10-11,13,15-16H,8-9,12,14H2,1-4H3/t16?,24-/m1/s1. The van der Waals surface area contributed by atoms with Crippen LogP contribution in [0.2, 0.25) is 0 Å². The van der Waals surface area contributed by atoms with Gasteiger partial charge in [-0.1, -0.05) is 19.1 Å². The summed E-state index contributed by atoms with van der Waals surface area (Å²) in [5, 5.41) is 4.77. The highest BCUT2D eigenvalue weighted by Gasteiger charge is 2.32. The quantitative estimate of drug-likeness (QED) is 0.476. The molecule has 3 aromatic rings. The Hall–Kier alpha value is -2.80. The molecule has 31 heavy (non-hydrogen) atoms. The van der Waals surface area contributed by atoms with Crippen molar-refractivity contribution in [2.75, 3.05) is 13.2 Å². The zero-order chi connectivity index (χ0) is 22.2. The van der Waals surface area contributed by atoms with Crippen LogP contribution in [0.1, 0.15) is 56.9 Å². The van der Waals surface area contributed by atoms with Crippen LogP contribution < -0.4 is 4.74 Å². The van der Waals surface area contributed by atoms with Crippen LogP contribution in [0.5, 0.6) is 5.75 Å². The van der Waals surface area contributed by atoms with Gasteiger partial charge in [-0.15, -0.1) is 0 Å². The van der Waals surface area contributed by atoms with E-state index in [-0.39, 0.29) is 17.2 Å². The zero-order valence-electron chi connectivity index (χ0n) is 18.4. The zero-order valence-corrected chi connectivity index (χ0v) is 18.4. The van der Waals surface area contributed by atoms with E-state index in [0.29, 0.717) is 42.2 Å². The first-order chi connectivity index (χ1) is 14.8. The molecular formula is C24H28FN3O3. The largest absolute Gasteiger partial charge is 0.461 e. The first-order valence-electron chi connectivity index (χ1n) is 10.7. The predicted octanol–water partition coefficient (Wildman–Crippen LogP) is 5.37. The lowest BCUT2D eigenvalue weighted by Gasteiger charge is -2.20. The summed E-state index contributed by atoms with van der Waals surface area (Å²) >= 11 is 0. The Labute approximate surface area is 181 Å². The molecule has 3 heterocycles. The van der Waals surface area contributed by atoms with E-state index in [1.54, 1.807) is 24.4 Å². The van der Waals surface area contributed by atoms with Gasteiger partial charge in [0.05, 0.1) is 12.1 Å². The van der Waals surface area contributed by atoms with Crippen molar-refractivity contribution in [2.24, 2.45) is 5.41 Å². The first kappa shape index (κ1) is 21.4. The summed E-state index contributed by atoms with van der Waals surface area (Å²) in [6, 6.07) is 9.11. The molecule has 164 valence electrons. The first-order valence-corrected chi connectivity index (χ1v) is 10.7. The number of ether oxygens (including phenoxy) is 2. The Morgan fingerprint density at radius 2 is 2.13 bits per heavy atom. The molecule has 0 bridgehead atoms. The second-order valence-electron chi connectivity index (χ2n) is 8.88. The second-order valence-corrected chi connectivity index (χ2v) is 8.88. The van der Waals surface area contributed by atoms with Crippen molar-refractivity contribution in [3.63, 3.8) is 0 Å². The molecule has 4 rings (SSSR count). The number of benzene rings is 1. The number of Topliss-reactive ketones (excluding diaryl/α,β-unsaturated/α-hetero) is 1. The van der Waals surface area contributed by atoms with Crippen molar-refractivity contribution in [2.45, 2.75) is 52.9 Å². The number of hydrogen-bond donors (Lipinski definition) is 0. The van der Waals surface area contributed by atoms with Gasteiger partial charge in [-0.25, -0.2) is 4.39 Å². The van der Waals surface area contributed by atoms with Crippen LogP contribution in [0, 0.1) is 5.41 Å². The average molecular weight is 426 g/mol. The number of hydrogen-bond acceptors (Lipinski definition) is 5. The van der Waals surface area contributed by atoms with E-state index in [9.17, 15) is 9.18 Å². The maximum Gasteiger partial charge on any atom is 0.235 e. The Morgan fingerprint density at radius 1 is 1.32 bits per heavy atom. The fraction of sp³-hybridized carbons (Fsp3) is 0.458. The van der Waals surface area contributed by atoms with Crippen LogP contribution in [0.25, 0.3) is 22.3 Å². The van der Waals surface area contributed by atoms with E-state index >= 15 is 0 Å². The Bertz CT molecular complexity index is 1100. The molecule has 1 saturated heterocycles. The van der Waals surface area contributed by atoms with Gasteiger partial charge in [0, 0.05) is 48.7 Å². The van der Waals surface area contributed by atoms with Gasteiger partial charge >= 0.3 is 0 Å². The van der Waals surface area contributed by atoms with Crippen LogP contribution in [-0.4, -0.2) is 40.1 Å². The number of pyridine rings is 1. The molecule has 0 saturated carbocycles. The van der Waals surface area contributed by atoms with E-state index in [1.165, 1.54) is 6.92 Å². The average Bonchev–Trinajstić information content (AvgIpc) is 3.31. The highest BCUT2D eigenvalue weighted by Crippen LogP contribution is 2.34. The molecule has 1 unspecified atom stereocenters. The summed E-state index contributed by atoms with van der Waals surface area (Å²) in [4.78, 5) is 17.6. The van der Waals surface area contributed by atoms with Gasteiger partial charge in [0.1, 0.15) is 17.0 Å². The normalized spacial score (nSPS) is 19.8. The maximum absolute atomic E-state index is 13.3. The fourth-order valence-electron chi connectivity index (χ4n) is 4.00. The number of alkyl halides is 1. The maximum atomic E-state index is 13.3. The van der Waals surface area contributed by atoms with Crippen LogP contribution in [0.4, 0.5) is 4.39 Å². The lowest BCUT2D eigenvalue weighted by molar-refractivity contribution is 0.0860.